The smallest absolute Gasteiger partial charge is 1.00 e. The number of carbonyl (C=O) groups excluding carboxylic acids is 1. The molecular formula is C10H20NNaO3. The van der Waals surface area contributed by atoms with Crippen molar-refractivity contribution in [1.82, 2.24) is 5.32 Å². The van der Waals surface area contributed by atoms with E-state index < -0.39 is 5.97 Å². The molecule has 0 aliphatic heterocycles. The van der Waals surface area contributed by atoms with Gasteiger partial charge in [-0.05, 0) is 6.42 Å². The normalized spacial score (nSPS) is 9.13. The second kappa shape index (κ2) is 12.0. The summed E-state index contributed by atoms with van der Waals surface area (Å²) in [5.74, 6) is -1.16. The summed E-state index contributed by atoms with van der Waals surface area (Å²) < 4.78 is 0. The van der Waals surface area contributed by atoms with Crippen LogP contribution < -0.4 is 34.9 Å². The maximum absolute atomic E-state index is 11.0. The number of amides is 1. The summed E-state index contributed by atoms with van der Waals surface area (Å²) in [7, 11) is 0. The third-order valence-corrected chi connectivity index (χ3v) is 1.94. The third kappa shape index (κ3) is 13.9. The van der Waals surface area contributed by atoms with E-state index in [1.54, 1.807) is 0 Å². The maximum atomic E-state index is 11.0. The van der Waals surface area contributed by atoms with Crippen molar-refractivity contribution in [2.75, 3.05) is 6.54 Å². The van der Waals surface area contributed by atoms with Crippen molar-refractivity contribution < 1.29 is 45.7 Å². The molecule has 2 N–H and O–H groups in total. The van der Waals surface area contributed by atoms with E-state index in [0.29, 0.717) is 6.42 Å². The summed E-state index contributed by atoms with van der Waals surface area (Å²) in [6, 6.07) is 0. The molecule has 0 aliphatic rings. The van der Waals surface area contributed by atoms with E-state index in [0.717, 1.165) is 19.3 Å². The molecule has 0 atom stereocenters. The van der Waals surface area contributed by atoms with Crippen molar-refractivity contribution >= 4 is 11.9 Å². The van der Waals surface area contributed by atoms with E-state index in [-0.39, 0.29) is 43.4 Å². The Labute approximate surface area is 115 Å². The fourth-order valence-electron chi connectivity index (χ4n) is 1.15. The third-order valence-electron chi connectivity index (χ3n) is 1.94. The Morgan fingerprint density at radius 3 is 2.33 bits per heavy atom. The topological polar surface area (TPSA) is 66.4 Å². The van der Waals surface area contributed by atoms with Gasteiger partial charge in [0.25, 0.3) is 0 Å². The first-order valence-electron chi connectivity index (χ1n) is 5.15. The van der Waals surface area contributed by atoms with Gasteiger partial charge in [0.15, 0.2) is 0 Å². The predicted molar refractivity (Wildman–Crippen MR) is 55.1 cm³/mol. The summed E-state index contributed by atoms with van der Waals surface area (Å²) in [5.41, 5.74) is 0. The first-order valence-corrected chi connectivity index (χ1v) is 5.15. The van der Waals surface area contributed by atoms with Crippen LogP contribution in [0.2, 0.25) is 0 Å². The molecule has 0 saturated carbocycles. The van der Waals surface area contributed by atoms with Gasteiger partial charge < -0.3 is 11.8 Å². The van der Waals surface area contributed by atoms with E-state index in [9.17, 15) is 9.59 Å². The predicted octanol–water partition coefficient (Wildman–Crippen LogP) is -1.34. The standard InChI is InChI=1S/C10H19NO3.Na.H/c1-2-3-4-5-6-7-9(12)11-8-10(13)14;;/h2-8H2,1H3,(H,11,12)(H,13,14);;/q;+1;-1. The minimum absolute atomic E-state index is 0. The Morgan fingerprint density at radius 1 is 1.20 bits per heavy atom. The number of nitrogens with one attached hydrogen (secondary N) is 1. The van der Waals surface area contributed by atoms with Crippen molar-refractivity contribution in [3.8, 4) is 0 Å². The van der Waals surface area contributed by atoms with E-state index in [1.807, 2.05) is 0 Å². The molecule has 4 nitrogen and oxygen atoms in total. The van der Waals surface area contributed by atoms with Gasteiger partial charge in [0.1, 0.15) is 6.54 Å². The molecule has 0 aromatic rings. The molecule has 1 amide bonds. The van der Waals surface area contributed by atoms with Crippen molar-refractivity contribution in [3.05, 3.63) is 0 Å². The van der Waals surface area contributed by atoms with Crippen molar-refractivity contribution in [2.45, 2.75) is 45.4 Å². The average Bonchev–Trinajstić information content (AvgIpc) is 2.14. The molecule has 0 fully saturated rings. The van der Waals surface area contributed by atoms with Crippen LogP contribution in [0.1, 0.15) is 46.9 Å². The fourth-order valence-corrected chi connectivity index (χ4v) is 1.15. The first kappa shape index (κ1) is 17.3. The molecule has 84 valence electrons. The SMILES string of the molecule is CCCCCCCC(=O)NCC(=O)O.[H-].[Na+]. The molecule has 0 aromatic heterocycles. The van der Waals surface area contributed by atoms with E-state index in [2.05, 4.69) is 12.2 Å². The number of hydrogen-bond acceptors (Lipinski definition) is 2. The first-order chi connectivity index (χ1) is 6.66. The number of hydrogen-bond donors (Lipinski definition) is 2. The number of rotatable bonds is 8. The monoisotopic (exact) mass is 225 g/mol. The molecule has 0 rings (SSSR count). The molecule has 15 heavy (non-hydrogen) atoms. The largest absolute Gasteiger partial charge is 1.00 e. The fraction of sp³-hybridized carbons (Fsp3) is 0.800. The molecule has 0 spiro atoms. The second-order valence-electron chi connectivity index (χ2n) is 3.33. The summed E-state index contributed by atoms with van der Waals surface area (Å²) >= 11 is 0. The van der Waals surface area contributed by atoms with Crippen LogP contribution >= 0.6 is 0 Å². The molecule has 0 radical (unpaired) electrons. The second-order valence-corrected chi connectivity index (χ2v) is 3.33. The van der Waals surface area contributed by atoms with E-state index in [4.69, 9.17) is 5.11 Å². The number of aliphatic carboxylic acids is 1. The number of carboxylic acid groups (broad SMARTS) is 1. The van der Waals surface area contributed by atoms with Gasteiger partial charge in [-0.15, -0.1) is 0 Å². The molecule has 0 unspecified atom stereocenters. The number of carboxylic acids is 1. The van der Waals surface area contributed by atoms with Gasteiger partial charge in [0, 0.05) is 6.42 Å². The van der Waals surface area contributed by atoms with Gasteiger partial charge in [-0.25, -0.2) is 0 Å². The van der Waals surface area contributed by atoms with Crippen LogP contribution in [0, 0.1) is 0 Å². The van der Waals surface area contributed by atoms with Gasteiger partial charge >= 0.3 is 35.5 Å². The van der Waals surface area contributed by atoms with Crippen LogP contribution in [0.25, 0.3) is 0 Å². The quantitative estimate of drug-likeness (QED) is 0.397. The Hall–Kier alpha value is -0.0600. The van der Waals surface area contributed by atoms with Crippen molar-refractivity contribution in [1.29, 1.82) is 0 Å². The van der Waals surface area contributed by atoms with Gasteiger partial charge in [-0.1, -0.05) is 32.6 Å². The van der Waals surface area contributed by atoms with Gasteiger partial charge in [0.05, 0.1) is 0 Å². The zero-order valence-corrected chi connectivity index (χ0v) is 11.7. The number of carbonyl (C=O) groups is 2. The molecule has 0 bridgehead atoms. The molecule has 0 saturated heterocycles. The van der Waals surface area contributed by atoms with Gasteiger partial charge in [0.2, 0.25) is 5.91 Å². The molecule has 0 heterocycles. The van der Waals surface area contributed by atoms with Crippen LogP contribution in [-0.4, -0.2) is 23.5 Å². The number of unbranched alkanes of at least 4 members (excludes halogenated alkanes) is 4. The summed E-state index contributed by atoms with van der Waals surface area (Å²) in [6.07, 6.45) is 5.89. The molecule has 5 heteroatoms. The molecule has 0 aliphatic carbocycles. The Morgan fingerprint density at radius 2 is 1.80 bits per heavy atom. The Kier molecular flexibility index (Phi) is 13.9. The van der Waals surface area contributed by atoms with Crippen LogP contribution in [0.3, 0.4) is 0 Å². The van der Waals surface area contributed by atoms with Crippen LogP contribution in [0.5, 0.6) is 0 Å². The van der Waals surface area contributed by atoms with E-state index >= 15 is 0 Å². The average molecular weight is 225 g/mol. The zero-order chi connectivity index (χ0) is 10.8. The molecule has 0 aromatic carbocycles. The minimum atomic E-state index is -0.996. The van der Waals surface area contributed by atoms with Crippen LogP contribution in [-0.2, 0) is 9.59 Å². The van der Waals surface area contributed by atoms with Crippen molar-refractivity contribution in [3.63, 3.8) is 0 Å². The summed E-state index contributed by atoms with van der Waals surface area (Å²) in [6.45, 7) is 1.87. The summed E-state index contributed by atoms with van der Waals surface area (Å²) in [5, 5.41) is 10.6. The van der Waals surface area contributed by atoms with Gasteiger partial charge in [-0.2, -0.15) is 0 Å². The Bertz CT molecular complexity index is 191. The van der Waals surface area contributed by atoms with Gasteiger partial charge in [-0.3, -0.25) is 9.59 Å². The maximum Gasteiger partial charge on any atom is 1.00 e. The minimum Gasteiger partial charge on any atom is -1.00 e. The van der Waals surface area contributed by atoms with E-state index in [1.165, 1.54) is 12.8 Å². The zero-order valence-electron chi connectivity index (χ0n) is 10.7. The van der Waals surface area contributed by atoms with Crippen LogP contribution in [0.4, 0.5) is 0 Å². The Balaban J connectivity index is -0.000000845. The van der Waals surface area contributed by atoms with Crippen LogP contribution in [0.15, 0.2) is 0 Å². The van der Waals surface area contributed by atoms with Crippen molar-refractivity contribution in [2.24, 2.45) is 0 Å². The molecular weight excluding hydrogens is 205 g/mol. The summed E-state index contributed by atoms with van der Waals surface area (Å²) in [4.78, 5) is 21.1.